The maximum Gasteiger partial charge on any atom is 0.108 e. The van der Waals surface area contributed by atoms with Gasteiger partial charge in [-0.1, -0.05) is 18.5 Å². The van der Waals surface area contributed by atoms with Crippen LogP contribution in [0.1, 0.15) is 18.7 Å². The van der Waals surface area contributed by atoms with Gasteiger partial charge in [0, 0.05) is 11.4 Å². The van der Waals surface area contributed by atoms with Gasteiger partial charge in [0.2, 0.25) is 0 Å². The molecule has 13 heavy (non-hydrogen) atoms. The second-order valence-electron chi connectivity index (χ2n) is 3.16. The summed E-state index contributed by atoms with van der Waals surface area (Å²) in [4.78, 5) is 0.901. The van der Waals surface area contributed by atoms with Gasteiger partial charge in [-0.15, -0.1) is 11.3 Å². The van der Waals surface area contributed by atoms with Crippen LogP contribution < -0.4 is 5.32 Å². The normalized spacial score (nSPS) is 15.7. The highest BCUT2D eigenvalue weighted by Crippen LogP contribution is 2.30. The summed E-state index contributed by atoms with van der Waals surface area (Å²) in [5.41, 5.74) is -0.812. The minimum Gasteiger partial charge on any atom is -0.383 e. The van der Waals surface area contributed by atoms with Crippen LogP contribution in [0.4, 0.5) is 0 Å². The van der Waals surface area contributed by atoms with Crippen molar-refractivity contribution in [2.24, 2.45) is 0 Å². The lowest BCUT2D eigenvalue weighted by Gasteiger charge is -2.21. The van der Waals surface area contributed by atoms with Crippen molar-refractivity contribution in [2.45, 2.75) is 19.4 Å². The van der Waals surface area contributed by atoms with Crippen molar-refractivity contribution < 1.29 is 5.11 Å². The van der Waals surface area contributed by atoms with Crippen LogP contribution in [-0.4, -0.2) is 18.2 Å². The number of aliphatic hydroxyl groups is 1. The predicted molar refractivity (Wildman–Crippen MR) is 57.4 cm³/mol. The lowest BCUT2D eigenvalue weighted by atomic mass is 10.1. The molecule has 1 unspecified atom stereocenters. The summed E-state index contributed by atoms with van der Waals surface area (Å²) in [6.07, 6.45) is 0. The Balaban J connectivity index is 2.68. The zero-order valence-corrected chi connectivity index (χ0v) is 9.37. The molecule has 1 atom stereocenters. The summed E-state index contributed by atoms with van der Waals surface area (Å²) >= 11 is 7.21. The van der Waals surface area contributed by atoms with E-state index in [9.17, 15) is 5.11 Å². The van der Waals surface area contributed by atoms with Crippen molar-refractivity contribution in [3.63, 3.8) is 0 Å². The molecule has 0 amide bonds. The third-order valence-electron chi connectivity index (χ3n) is 1.82. The Morgan fingerprint density at radius 2 is 2.31 bits per heavy atom. The molecule has 4 heteroatoms. The van der Waals surface area contributed by atoms with E-state index >= 15 is 0 Å². The molecule has 0 saturated heterocycles. The van der Waals surface area contributed by atoms with Crippen LogP contribution in [0.15, 0.2) is 12.1 Å². The molecule has 0 spiro atoms. The van der Waals surface area contributed by atoms with Crippen LogP contribution in [0.2, 0.25) is 4.34 Å². The van der Waals surface area contributed by atoms with E-state index in [4.69, 9.17) is 11.6 Å². The third kappa shape index (κ3) is 2.95. The van der Waals surface area contributed by atoms with Gasteiger partial charge in [-0.3, -0.25) is 0 Å². The number of likely N-dealkylation sites (N-methyl/N-ethyl adjacent to an activating group) is 1. The highest BCUT2D eigenvalue weighted by Gasteiger charge is 2.23. The van der Waals surface area contributed by atoms with Gasteiger partial charge in [-0.2, -0.15) is 0 Å². The van der Waals surface area contributed by atoms with E-state index in [-0.39, 0.29) is 0 Å². The van der Waals surface area contributed by atoms with Crippen molar-refractivity contribution in [2.75, 3.05) is 13.1 Å². The molecule has 0 aliphatic rings. The molecule has 0 bridgehead atoms. The van der Waals surface area contributed by atoms with E-state index in [1.807, 2.05) is 19.1 Å². The maximum absolute atomic E-state index is 10.0. The molecule has 1 aromatic heterocycles. The molecule has 0 saturated carbocycles. The minimum absolute atomic E-state index is 0.556. The van der Waals surface area contributed by atoms with Gasteiger partial charge in [0.25, 0.3) is 0 Å². The lowest BCUT2D eigenvalue weighted by molar-refractivity contribution is 0.0614. The number of rotatable bonds is 4. The summed E-state index contributed by atoms with van der Waals surface area (Å²) in [7, 11) is 0. The van der Waals surface area contributed by atoms with Crippen LogP contribution in [-0.2, 0) is 5.60 Å². The first-order valence-corrected chi connectivity index (χ1v) is 5.44. The van der Waals surface area contributed by atoms with Crippen LogP contribution in [0, 0.1) is 0 Å². The molecule has 0 radical (unpaired) electrons. The van der Waals surface area contributed by atoms with Crippen LogP contribution in [0.25, 0.3) is 0 Å². The molecule has 74 valence electrons. The van der Waals surface area contributed by atoms with Crippen LogP contribution in [0.5, 0.6) is 0 Å². The summed E-state index contributed by atoms with van der Waals surface area (Å²) in [6, 6.07) is 3.67. The fourth-order valence-electron chi connectivity index (χ4n) is 1.06. The van der Waals surface area contributed by atoms with Crippen molar-refractivity contribution in [3.8, 4) is 0 Å². The topological polar surface area (TPSA) is 32.3 Å². The van der Waals surface area contributed by atoms with E-state index in [0.717, 1.165) is 11.4 Å². The molecule has 2 N–H and O–H groups in total. The minimum atomic E-state index is -0.812. The van der Waals surface area contributed by atoms with Crippen LogP contribution >= 0.6 is 22.9 Å². The molecule has 1 heterocycles. The van der Waals surface area contributed by atoms with Gasteiger partial charge in [0.15, 0.2) is 0 Å². The third-order valence-corrected chi connectivity index (χ3v) is 3.31. The molecule has 1 aromatic rings. The SMILES string of the molecule is CCNCC(C)(O)c1ccc(Cl)s1. The molecule has 2 nitrogen and oxygen atoms in total. The molecule has 0 aliphatic heterocycles. The van der Waals surface area contributed by atoms with Crippen LogP contribution in [0.3, 0.4) is 0 Å². The highest BCUT2D eigenvalue weighted by atomic mass is 35.5. The molecule has 1 rings (SSSR count). The quantitative estimate of drug-likeness (QED) is 0.814. The van der Waals surface area contributed by atoms with Gasteiger partial charge in [0.1, 0.15) is 5.60 Å². The second-order valence-corrected chi connectivity index (χ2v) is 4.87. The monoisotopic (exact) mass is 219 g/mol. The number of nitrogens with one attached hydrogen (secondary N) is 1. The Hall–Kier alpha value is -0.0900. The predicted octanol–water partition coefficient (Wildman–Crippen LogP) is 2.22. The highest BCUT2D eigenvalue weighted by molar-refractivity contribution is 7.16. The summed E-state index contributed by atoms with van der Waals surface area (Å²) in [5.74, 6) is 0. The van der Waals surface area contributed by atoms with Gasteiger partial charge < -0.3 is 10.4 Å². The molecular weight excluding hydrogens is 206 g/mol. The lowest BCUT2D eigenvalue weighted by Crippen LogP contribution is -2.34. The molecule has 0 aliphatic carbocycles. The second kappa shape index (κ2) is 4.42. The average Bonchev–Trinajstić information content (AvgIpc) is 2.49. The van der Waals surface area contributed by atoms with E-state index in [0.29, 0.717) is 10.9 Å². The standard InChI is InChI=1S/C9H14ClNOS/c1-3-11-6-9(2,12)7-4-5-8(10)13-7/h4-5,11-12H,3,6H2,1-2H3. The van der Waals surface area contributed by atoms with E-state index < -0.39 is 5.60 Å². The first-order chi connectivity index (χ1) is 6.06. The fourth-order valence-corrected chi connectivity index (χ4v) is 2.15. The summed E-state index contributed by atoms with van der Waals surface area (Å²) in [5, 5.41) is 13.1. The largest absolute Gasteiger partial charge is 0.383 e. The Bertz CT molecular complexity index is 272. The first kappa shape index (κ1) is 11.0. The Labute approximate surface area is 87.5 Å². The van der Waals surface area contributed by atoms with Crippen molar-refractivity contribution in [3.05, 3.63) is 21.3 Å². The Morgan fingerprint density at radius 3 is 2.77 bits per heavy atom. The molecular formula is C9H14ClNOS. The van der Waals surface area contributed by atoms with Crippen molar-refractivity contribution >= 4 is 22.9 Å². The van der Waals surface area contributed by atoms with Crippen molar-refractivity contribution in [1.29, 1.82) is 0 Å². The number of hydrogen-bond acceptors (Lipinski definition) is 3. The Kier molecular flexibility index (Phi) is 3.74. The van der Waals surface area contributed by atoms with Gasteiger partial charge in [0.05, 0.1) is 4.34 Å². The van der Waals surface area contributed by atoms with E-state index in [1.165, 1.54) is 11.3 Å². The van der Waals surface area contributed by atoms with E-state index in [2.05, 4.69) is 5.32 Å². The maximum atomic E-state index is 10.0. The summed E-state index contributed by atoms with van der Waals surface area (Å²) in [6.45, 7) is 5.21. The zero-order chi connectivity index (χ0) is 9.90. The number of thiophene rings is 1. The number of hydrogen-bond donors (Lipinski definition) is 2. The van der Waals surface area contributed by atoms with Crippen molar-refractivity contribution in [1.82, 2.24) is 5.32 Å². The molecule has 0 fully saturated rings. The fraction of sp³-hybridized carbons (Fsp3) is 0.556. The Morgan fingerprint density at radius 1 is 1.62 bits per heavy atom. The summed E-state index contributed by atoms with van der Waals surface area (Å²) < 4.78 is 0.715. The van der Waals surface area contributed by atoms with E-state index in [1.54, 1.807) is 6.92 Å². The molecule has 0 aromatic carbocycles. The zero-order valence-electron chi connectivity index (χ0n) is 7.80. The van der Waals surface area contributed by atoms with Gasteiger partial charge >= 0.3 is 0 Å². The van der Waals surface area contributed by atoms with Gasteiger partial charge in [-0.25, -0.2) is 0 Å². The smallest absolute Gasteiger partial charge is 0.108 e. The van der Waals surface area contributed by atoms with Gasteiger partial charge in [-0.05, 0) is 25.6 Å². The number of halogens is 1. The average molecular weight is 220 g/mol. The first-order valence-electron chi connectivity index (χ1n) is 4.25.